The van der Waals surface area contributed by atoms with Crippen molar-refractivity contribution >= 4 is 65.9 Å². The number of H-pyrrole nitrogens is 6. The van der Waals surface area contributed by atoms with E-state index in [1.54, 1.807) is 6.07 Å². The van der Waals surface area contributed by atoms with Gasteiger partial charge in [-0.15, -0.1) is 0 Å². The van der Waals surface area contributed by atoms with E-state index >= 15 is 0 Å². The van der Waals surface area contributed by atoms with Gasteiger partial charge in [0.2, 0.25) is 10.0 Å². The lowest BCUT2D eigenvalue weighted by Crippen LogP contribution is -2.29. The average molecular weight is 771 g/mol. The van der Waals surface area contributed by atoms with Crippen LogP contribution in [0.4, 0.5) is 22.7 Å². The molecule has 6 rings (SSSR count). The Morgan fingerprint density at radius 1 is 0.481 bits per heavy atom. The van der Waals surface area contributed by atoms with Crippen LogP contribution in [-0.4, -0.2) is 58.0 Å². The van der Waals surface area contributed by atoms with Crippen LogP contribution < -0.4 is 38.5 Å². The zero-order valence-corrected chi connectivity index (χ0v) is 26.5. The second-order valence-electron chi connectivity index (χ2n) is 10.1. The Hall–Kier alpha value is -8.52. The summed E-state index contributed by atoms with van der Waals surface area (Å²) in [6.07, 6.45) is 0. The number of aromatic amines is 6. The average Bonchev–Trinajstić information content (AvgIpc) is 3.08. The van der Waals surface area contributed by atoms with Crippen LogP contribution in [0, 0.1) is 51.8 Å². The van der Waals surface area contributed by atoms with Gasteiger partial charge in [0, 0.05) is 24.3 Å². The first-order valence-corrected chi connectivity index (χ1v) is 15.1. The summed E-state index contributed by atoms with van der Waals surface area (Å²) in [5, 5.41) is 56.4. The van der Waals surface area contributed by atoms with Gasteiger partial charge in [0.1, 0.15) is 11.6 Å². The Balaban J connectivity index is 0.000000181. The second-order valence-corrected chi connectivity index (χ2v) is 11.6. The Kier molecular flexibility index (Phi) is 10.2. The summed E-state index contributed by atoms with van der Waals surface area (Å²) in [5.74, 6) is 0. The highest BCUT2D eigenvalue weighted by Gasteiger charge is 2.26. The van der Waals surface area contributed by atoms with E-state index in [0.717, 1.165) is 36.4 Å². The van der Waals surface area contributed by atoms with Crippen LogP contribution in [0.3, 0.4) is 0 Å². The fourth-order valence-corrected chi connectivity index (χ4v) is 5.04. The molecule has 6 aromatic rings. The molecular formula is C25H14N12O16S. The van der Waals surface area contributed by atoms with Crippen molar-refractivity contribution in [1.29, 1.82) is 5.26 Å². The number of nitrogens with two attached hydrogens (primary N) is 1. The number of aromatic nitrogens is 6. The lowest BCUT2D eigenvalue weighted by atomic mass is 10.1. The first-order valence-electron chi connectivity index (χ1n) is 13.5. The highest BCUT2D eigenvalue weighted by molar-refractivity contribution is 7.89. The number of hydrogen-bond acceptors (Lipinski definition) is 17. The molecule has 0 radical (unpaired) electrons. The molecule has 0 aliphatic rings. The lowest BCUT2D eigenvalue weighted by molar-refractivity contribution is -0.422. The van der Waals surface area contributed by atoms with Crippen molar-refractivity contribution in [2.75, 3.05) is 0 Å². The third-order valence-electron chi connectivity index (χ3n) is 6.67. The van der Waals surface area contributed by atoms with Gasteiger partial charge >= 0.3 is 44.7 Å². The van der Waals surface area contributed by atoms with E-state index in [1.165, 1.54) is 0 Å². The predicted octanol–water partition coefficient (Wildman–Crippen LogP) is -1.20. The summed E-state index contributed by atoms with van der Waals surface area (Å²) in [5.41, 5.74) is -8.76. The lowest BCUT2D eigenvalue weighted by Gasteiger charge is -2.03. The molecule has 0 bridgehead atoms. The SMILES string of the molecule is N#Cc1cc2[nH]c(=O)c(=O)[nH]c2cc1[N+](=O)[O-].NS(=O)(=O)c1cc2[nH]c(=O)c(=O)[nH]c2cc1[N+](=O)[O-].O=c1[nH]c2cc([N+](=O)[O-])c([N+](=O)[O-])cc2[nH]c1=O. The van der Waals surface area contributed by atoms with Crippen molar-refractivity contribution in [2.45, 2.75) is 4.90 Å². The maximum absolute atomic E-state index is 11.3. The zero-order valence-electron chi connectivity index (χ0n) is 25.7. The van der Waals surface area contributed by atoms with Crippen molar-refractivity contribution in [1.82, 2.24) is 29.9 Å². The molecule has 0 atom stereocenters. The third kappa shape index (κ3) is 7.93. The van der Waals surface area contributed by atoms with Crippen molar-refractivity contribution in [3.05, 3.63) is 145 Å². The summed E-state index contributed by atoms with van der Waals surface area (Å²) in [4.78, 5) is 118. The van der Waals surface area contributed by atoms with Crippen molar-refractivity contribution in [3.8, 4) is 6.07 Å². The molecule has 3 aromatic carbocycles. The van der Waals surface area contributed by atoms with Gasteiger partial charge in [-0.2, -0.15) is 5.26 Å². The number of nitriles is 1. The number of primary sulfonamides is 1. The maximum Gasteiger partial charge on any atom is 0.348 e. The van der Waals surface area contributed by atoms with Crippen LogP contribution in [0.25, 0.3) is 33.1 Å². The highest BCUT2D eigenvalue weighted by Crippen LogP contribution is 2.29. The molecule has 276 valence electrons. The quantitative estimate of drug-likeness (QED) is 0.0615. The largest absolute Gasteiger partial charge is 0.348 e. The Labute approximate surface area is 289 Å². The number of nitro benzene ring substituents is 4. The molecule has 0 saturated carbocycles. The maximum atomic E-state index is 11.3. The van der Waals surface area contributed by atoms with Crippen LogP contribution >= 0.6 is 0 Å². The number of nitrogens with one attached hydrogen (secondary N) is 6. The summed E-state index contributed by atoms with van der Waals surface area (Å²) in [6.45, 7) is 0. The van der Waals surface area contributed by atoms with Gasteiger partial charge in [-0.1, -0.05) is 0 Å². The van der Waals surface area contributed by atoms with Crippen LogP contribution in [0.5, 0.6) is 0 Å². The Morgan fingerprint density at radius 2 is 0.741 bits per heavy atom. The molecule has 0 aliphatic carbocycles. The Bertz CT molecular complexity index is 3080. The van der Waals surface area contributed by atoms with Gasteiger partial charge in [0.15, 0.2) is 4.90 Å². The molecule has 3 aromatic heterocycles. The molecule has 3 heterocycles. The molecule has 0 amide bonds. The molecule has 29 heteroatoms. The first kappa shape index (κ1) is 38.3. The number of benzene rings is 3. The number of hydrogen-bond donors (Lipinski definition) is 7. The summed E-state index contributed by atoms with van der Waals surface area (Å²) in [7, 11) is -4.35. The van der Waals surface area contributed by atoms with Crippen LogP contribution in [0.2, 0.25) is 0 Å². The van der Waals surface area contributed by atoms with E-state index in [4.69, 9.17) is 10.4 Å². The van der Waals surface area contributed by atoms with E-state index in [0.29, 0.717) is 0 Å². The number of rotatable bonds is 5. The molecule has 8 N–H and O–H groups in total. The van der Waals surface area contributed by atoms with Crippen LogP contribution in [0.15, 0.2) is 70.1 Å². The van der Waals surface area contributed by atoms with E-state index in [1.807, 2.05) is 0 Å². The fourth-order valence-electron chi connectivity index (χ4n) is 4.33. The molecular weight excluding hydrogens is 756 g/mol. The molecule has 0 fully saturated rings. The van der Waals surface area contributed by atoms with Crippen molar-refractivity contribution in [3.63, 3.8) is 0 Å². The zero-order chi connectivity index (χ0) is 40.4. The van der Waals surface area contributed by atoms with E-state index in [2.05, 4.69) is 29.9 Å². The monoisotopic (exact) mass is 770 g/mol. The molecule has 0 aliphatic heterocycles. The van der Waals surface area contributed by atoms with Gasteiger partial charge in [-0.3, -0.25) is 69.2 Å². The highest BCUT2D eigenvalue weighted by atomic mass is 32.2. The summed E-state index contributed by atoms with van der Waals surface area (Å²) in [6, 6.07) is 7.10. The van der Waals surface area contributed by atoms with Crippen LogP contribution in [0.1, 0.15) is 5.56 Å². The van der Waals surface area contributed by atoms with Crippen molar-refractivity contribution in [2.24, 2.45) is 5.14 Å². The van der Waals surface area contributed by atoms with E-state index in [-0.39, 0.29) is 38.7 Å². The van der Waals surface area contributed by atoms with Gasteiger partial charge in [-0.25, -0.2) is 13.6 Å². The molecule has 0 saturated heterocycles. The van der Waals surface area contributed by atoms with Gasteiger partial charge in [0.25, 0.3) is 11.4 Å². The van der Waals surface area contributed by atoms with E-state index < -0.39 is 90.7 Å². The molecule has 54 heavy (non-hydrogen) atoms. The predicted molar refractivity (Wildman–Crippen MR) is 178 cm³/mol. The standard InChI is InChI=1S/C9H4N4O4.C8H6N4O6S.C8H4N4O6/c10-3-4-1-5-6(2-7(4)13(16)17)12-9(15)8(14)11-5;9-19(17,18)6-2-4-3(1-5(6)12(15)16)10-7(13)8(14)11-4;13-7-8(14)10-4-2-6(12(17)18)5(11(15)16)1-3(4)9-7/h1-2H,(H,11,14)(H,12,15);1-2H,(H,10,13)(H,11,14)(H2,9,17,18);1-2H,(H,9,13)(H,10,14). The smallest absolute Gasteiger partial charge is 0.316 e. The molecule has 0 spiro atoms. The second kappa shape index (κ2) is 14.4. The first-order chi connectivity index (χ1) is 25.1. The van der Waals surface area contributed by atoms with Crippen molar-refractivity contribution < 1.29 is 28.1 Å². The number of fused-ring (bicyclic) bond motifs is 3. The van der Waals surface area contributed by atoms with Gasteiger partial charge in [-0.05, 0) is 12.1 Å². The normalized spacial score (nSPS) is 10.7. The minimum Gasteiger partial charge on any atom is -0.316 e. The minimum atomic E-state index is -4.35. The number of sulfonamides is 1. The van der Waals surface area contributed by atoms with Gasteiger partial charge in [0.05, 0.1) is 52.8 Å². The topological polar surface area (TPSA) is 454 Å². The molecule has 0 unspecified atom stereocenters. The van der Waals surface area contributed by atoms with Gasteiger partial charge < -0.3 is 29.9 Å². The van der Waals surface area contributed by atoms with Crippen LogP contribution in [-0.2, 0) is 10.0 Å². The molecule has 28 nitrogen and oxygen atoms in total. The Morgan fingerprint density at radius 3 is 1.02 bits per heavy atom. The number of nitrogens with zero attached hydrogens (tertiary/aromatic N) is 5. The minimum absolute atomic E-state index is 0.0584. The fraction of sp³-hybridized carbons (Fsp3) is 0. The van der Waals surface area contributed by atoms with E-state index in [9.17, 15) is 77.6 Å². The number of nitro groups is 4. The third-order valence-corrected chi connectivity index (χ3v) is 7.61. The summed E-state index contributed by atoms with van der Waals surface area (Å²) >= 11 is 0. The summed E-state index contributed by atoms with van der Waals surface area (Å²) < 4.78 is 22.5.